The molecule has 12 heteroatoms. The Morgan fingerprint density at radius 1 is 0.774 bits per heavy atom. The molecule has 53 heavy (non-hydrogen) atoms. The third-order valence-corrected chi connectivity index (χ3v) is 9.99. The molecular weight excluding hydrogens is 776 g/mol. The predicted molar refractivity (Wildman–Crippen MR) is 217 cm³/mol. The average molecular weight is 814 g/mol. The minimum Gasteiger partial charge on any atom is -0.493 e. The summed E-state index contributed by atoms with van der Waals surface area (Å²) in [5.74, 6) is 2.15. The molecule has 4 aromatic carbocycles. The van der Waals surface area contributed by atoms with Crippen LogP contribution in [0.2, 0.25) is 20.1 Å². The second-order valence-electron chi connectivity index (χ2n) is 12.4. The molecule has 1 saturated heterocycles. The molecule has 0 atom stereocenters. The molecule has 1 aromatic heterocycles. The van der Waals surface area contributed by atoms with E-state index in [1.165, 1.54) is 11.1 Å². The average Bonchev–Trinajstić information content (AvgIpc) is 3.15. The van der Waals surface area contributed by atoms with Gasteiger partial charge in [0.15, 0.2) is 5.75 Å². The number of pyridine rings is 1. The van der Waals surface area contributed by atoms with Gasteiger partial charge in [0.05, 0.1) is 27.9 Å². The van der Waals surface area contributed by atoms with Crippen LogP contribution in [0.1, 0.15) is 27.8 Å². The maximum Gasteiger partial charge on any atom is 0.246 e. The molecule has 6 rings (SSSR count). The Labute approximate surface area is 336 Å². The Morgan fingerprint density at radius 3 is 2.21 bits per heavy atom. The molecule has 1 aliphatic rings. The SMILES string of the molecule is Cc1cc(/C=C/C(=O)N2CCN(Cc3ccc(CCOc4ccc(Cl)c(Cl)c4)cc3)CC2)cc(Cl)c1Oc1ccc(OCc2ccccc2Cl)cn1.Cl. The van der Waals surface area contributed by atoms with Crippen molar-refractivity contribution in [3.63, 3.8) is 0 Å². The van der Waals surface area contributed by atoms with Crippen molar-refractivity contribution in [3.05, 3.63) is 151 Å². The lowest BCUT2D eigenvalue weighted by molar-refractivity contribution is -0.127. The molecule has 0 saturated carbocycles. The monoisotopic (exact) mass is 811 g/mol. The number of carbonyl (C=O) groups is 1. The maximum atomic E-state index is 13.0. The summed E-state index contributed by atoms with van der Waals surface area (Å²) in [5, 5.41) is 2.06. The number of aryl methyl sites for hydroxylation is 1. The largest absolute Gasteiger partial charge is 0.493 e. The Hall–Kier alpha value is -3.95. The molecule has 0 radical (unpaired) electrons. The van der Waals surface area contributed by atoms with Gasteiger partial charge in [0.1, 0.15) is 18.1 Å². The van der Waals surface area contributed by atoms with Gasteiger partial charge in [0.2, 0.25) is 11.8 Å². The molecule has 1 aliphatic heterocycles. The Kier molecular flexibility index (Phi) is 14.7. The molecular formula is C41H38Cl5N3O4. The molecule has 1 amide bonds. The second kappa shape index (κ2) is 19.4. The van der Waals surface area contributed by atoms with Crippen molar-refractivity contribution in [3.8, 4) is 23.1 Å². The van der Waals surface area contributed by atoms with Gasteiger partial charge in [-0.1, -0.05) is 88.9 Å². The highest BCUT2D eigenvalue weighted by Gasteiger charge is 2.20. The van der Waals surface area contributed by atoms with Crippen LogP contribution in [0.25, 0.3) is 6.08 Å². The zero-order chi connectivity index (χ0) is 36.5. The number of piperazine rings is 1. The van der Waals surface area contributed by atoms with Gasteiger partial charge < -0.3 is 19.1 Å². The first kappa shape index (κ1) is 40.2. The van der Waals surface area contributed by atoms with E-state index in [0.29, 0.717) is 69.5 Å². The zero-order valence-corrected chi connectivity index (χ0v) is 32.8. The number of ether oxygens (including phenoxy) is 3. The predicted octanol–water partition coefficient (Wildman–Crippen LogP) is 10.8. The minimum absolute atomic E-state index is 0. The third kappa shape index (κ3) is 11.5. The van der Waals surface area contributed by atoms with Gasteiger partial charge in [-0.15, -0.1) is 12.4 Å². The number of nitrogens with zero attached hydrogens (tertiary/aromatic N) is 3. The topological polar surface area (TPSA) is 64.1 Å². The molecule has 5 aromatic rings. The normalized spacial score (nSPS) is 13.1. The lowest BCUT2D eigenvalue weighted by atomic mass is 10.1. The number of benzene rings is 4. The standard InChI is InChI=1S/C41H37Cl4N3O4.ClH/c1-28-22-31(23-38(45)41(28)52-39-14-12-34(25-46-39)51-27-32-4-2-3-5-35(32)42)10-15-40(49)48-19-17-47(18-20-48)26-30-8-6-29(7-9-30)16-21-50-33-11-13-36(43)37(44)24-33;/h2-15,22-25H,16-21,26-27H2,1H3;1H/b15-10+;. The summed E-state index contributed by atoms with van der Waals surface area (Å²) >= 11 is 24.9. The van der Waals surface area contributed by atoms with Crippen LogP contribution in [0.3, 0.4) is 0 Å². The molecule has 0 N–H and O–H groups in total. The van der Waals surface area contributed by atoms with E-state index in [2.05, 4.69) is 34.1 Å². The highest BCUT2D eigenvalue weighted by Crippen LogP contribution is 2.34. The fourth-order valence-corrected chi connectivity index (χ4v) is 6.49. The highest BCUT2D eigenvalue weighted by molar-refractivity contribution is 6.42. The third-order valence-electron chi connectivity index (χ3n) is 8.60. The highest BCUT2D eigenvalue weighted by atomic mass is 35.5. The number of aromatic nitrogens is 1. The van der Waals surface area contributed by atoms with Gasteiger partial charge in [-0.3, -0.25) is 9.69 Å². The van der Waals surface area contributed by atoms with Crippen LogP contribution >= 0.6 is 58.8 Å². The Balaban J connectivity index is 0.00000541. The summed E-state index contributed by atoms with van der Waals surface area (Å²) in [5.41, 5.74) is 4.95. The molecule has 0 spiro atoms. The number of rotatable bonds is 13. The number of hydrogen-bond acceptors (Lipinski definition) is 6. The van der Waals surface area contributed by atoms with Gasteiger partial charge in [0, 0.05) is 67.9 Å². The van der Waals surface area contributed by atoms with Crippen LogP contribution in [0, 0.1) is 6.92 Å². The zero-order valence-electron chi connectivity index (χ0n) is 28.9. The number of hydrogen-bond donors (Lipinski definition) is 0. The number of amides is 1. The van der Waals surface area contributed by atoms with Crippen molar-refractivity contribution < 1.29 is 19.0 Å². The smallest absolute Gasteiger partial charge is 0.246 e. The quantitative estimate of drug-likeness (QED) is 0.110. The lowest BCUT2D eigenvalue weighted by Gasteiger charge is -2.34. The van der Waals surface area contributed by atoms with Gasteiger partial charge in [-0.25, -0.2) is 4.98 Å². The van der Waals surface area contributed by atoms with Crippen LogP contribution in [-0.4, -0.2) is 53.5 Å². The maximum absolute atomic E-state index is 13.0. The first-order valence-corrected chi connectivity index (χ1v) is 18.4. The molecule has 0 bridgehead atoms. The first-order valence-electron chi connectivity index (χ1n) is 16.9. The molecule has 1 fully saturated rings. The number of carbonyl (C=O) groups excluding carboxylic acids is 1. The van der Waals surface area contributed by atoms with Crippen molar-refractivity contribution in [1.29, 1.82) is 0 Å². The van der Waals surface area contributed by atoms with E-state index in [1.807, 2.05) is 48.2 Å². The molecule has 0 unspecified atom stereocenters. The summed E-state index contributed by atoms with van der Waals surface area (Å²) in [6.07, 6.45) is 5.77. The Bertz CT molecular complexity index is 2000. The van der Waals surface area contributed by atoms with E-state index in [-0.39, 0.29) is 18.3 Å². The summed E-state index contributed by atoms with van der Waals surface area (Å²) < 4.78 is 17.6. The second-order valence-corrected chi connectivity index (χ2v) is 14.0. The minimum atomic E-state index is -0.0257. The van der Waals surface area contributed by atoms with Crippen LogP contribution in [0.15, 0.2) is 103 Å². The fourth-order valence-electron chi connectivity index (χ4n) is 5.70. The van der Waals surface area contributed by atoms with E-state index in [9.17, 15) is 4.79 Å². The van der Waals surface area contributed by atoms with Crippen molar-refractivity contribution in [2.75, 3.05) is 32.8 Å². The molecule has 2 heterocycles. The summed E-state index contributed by atoms with van der Waals surface area (Å²) in [6.45, 7) is 6.55. The van der Waals surface area contributed by atoms with E-state index in [4.69, 9.17) is 60.6 Å². The van der Waals surface area contributed by atoms with E-state index in [0.717, 1.165) is 42.7 Å². The number of halogens is 5. The van der Waals surface area contributed by atoms with E-state index in [1.54, 1.807) is 48.7 Å². The Morgan fingerprint density at radius 2 is 1.51 bits per heavy atom. The van der Waals surface area contributed by atoms with Gasteiger partial charge >= 0.3 is 0 Å². The molecule has 7 nitrogen and oxygen atoms in total. The van der Waals surface area contributed by atoms with Crippen molar-refractivity contribution in [2.45, 2.75) is 26.5 Å². The van der Waals surface area contributed by atoms with Crippen LogP contribution < -0.4 is 14.2 Å². The van der Waals surface area contributed by atoms with Gasteiger partial charge in [-0.2, -0.15) is 0 Å². The van der Waals surface area contributed by atoms with Gasteiger partial charge in [0.25, 0.3) is 0 Å². The summed E-state index contributed by atoms with van der Waals surface area (Å²) in [4.78, 5) is 21.7. The summed E-state index contributed by atoms with van der Waals surface area (Å²) in [7, 11) is 0. The summed E-state index contributed by atoms with van der Waals surface area (Å²) in [6, 6.07) is 28.6. The fraction of sp³-hybridized carbons (Fsp3) is 0.220. The van der Waals surface area contributed by atoms with E-state index >= 15 is 0 Å². The molecule has 276 valence electrons. The van der Waals surface area contributed by atoms with Crippen LogP contribution in [-0.2, 0) is 24.4 Å². The van der Waals surface area contributed by atoms with Gasteiger partial charge in [-0.05, 0) is 71.7 Å². The van der Waals surface area contributed by atoms with Crippen molar-refractivity contribution in [2.24, 2.45) is 0 Å². The van der Waals surface area contributed by atoms with Crippen LogP contribution in [0.5, 0.6) is 23.1 Å². The van der Waals surface area contributed by atoms with Crippen LogP contribution in [0.4, 0.5) is 0 Å². The van der Waals surface area contributed by atoms with Crippen molar-refractivity contribution in [1.82, 2.24) is 14.8 Å². The lowest BCUT2D eigenvalue weighted by Crippen LogP contribution is -2.47. The van der Waals surface area contributed by atoms with Crippen molar-refractivity contribution >= 4 is 70.8 Å². The van der Waals surface area contributed by atoms with E-state index < -0.39 is 0 Å². The molecule has 0 aliphatic carbocycles. The first-order chi connectivity index (χ1) is 25.2.